The van der Waals surface area contributed by atoms with Crippen molar-refractivity contribution in [3.8, 4) is 17.0 Å². The van der Waals surface area contributed by atoms with Crippen molar-refractivity contribution in [3.05, 3.63) is 48.5 Å². The van der Waals surface area contributed by atoms with Crippen molar-refractivity contribution in [1.82, 2.24) is 9.97 Å². The van der Waals surface area contributed by atoms with Crippen molar-refractivity contribution in [2.45, 2.75) is 6.92 Å². The largest absolute Gasteiger partial charge is 0.478 e. The topological polar surface area (TPSA) is 61.0 Å². The van der Waals surface area contributed by atoms with Crippen LogP contribution in [0.25, 0.3) is 22.2 Å². The van der Waals surface area contributed by atoms with Crippen molar-refractivity contribution in [2.75, 3.05) is 12.3 Å². The third-order valence-corrected chi connectivity index (χ3v) is 3.06. The van der Waals surface area contributed by atoms with Gasteiger partial charge in [-0.1, -0.05) is 30.3 Å². The third kappa shape index (κ3) is 2.28. The van der Waals surface area contributed by atoms with Crippen LogP contribution >= 0.6 is 0 Å². The van der Waals surface area contributed by atoms with E-state index in [0.717, 1.165) is 16.5 Å². The second kappa shape index (κ2) is 5.17. The molecule has 4 heteroatoms. The maximum absolute atomic E-state index is 6.05. The monoisotopic (exact) mass is 265 g/mol. The SMILES string of the molecule is CCOc1ccc2cc(-c3ccccc3)c(N)nc2n1. The molecule has 0 aliphatic heterocycles. The zero-order chi connectivity index (χ0) is 13.9. The van der Waals surface area contributed by atoms with Gasteiger partial charge in [0.05, 0.1) is 6.61 Å². The van der Waals surface area contributed by atoms with Crippen LogP contribution in [-0.2, 0) is 0 Å². The Morgan fingerprint density at radius 1 is 1.05 bits per heavy atom. The first-order valence-corrected chi connectivity index (χ1v) is 6.53. The van der Waals surface area contributed by atoms with Crippen LogP contribution in [0.1, 0.15) is 6.92 Å². The first-order chi connectivity index (χ1) is 9.78. The first-order valence-electron chi connectivity index (χ1n) is 6.53. The van der Waals surface area contributed by atoms with Crippen LogP contribution < -0.4 is 10.5 Å². The molecule has 2 heterocycles. The summed E-state index contributed by atoms with van der Waals surface area (Å²) < 4.78 is 5.38. The fourth-order valence-corrected chi connectivity index (χ4v) is 2.12. The second-order valence-corrected chi connectivity index (χ2v) is 4.42. The fraction of sp³-hybridized carbons (Fsp3) is 0.125. The lowest BCUT2D eigenvalue weighted by atomic mass is 10.1. The van der Waals surface area contributed by atoms with Gasteiger partial charge in [-0.2, -0.15) is 4.98 Å². The molecule has 0 unspecified atom stereocenters. The molecule has 4 nitrogen and oxygen atoms in total. The maximum atomic E-state index is 6.05. The highest BCUT2D eigenvalue weighted by Crippen LogP contribution is 2.28. The highest BCUT2D eigenvalue weighted by Gasteiger charge is 2.08. The van der Waals surface area contributed by atoms with Crippen molar-refractivity contribution in [1.29, 1.82) is 0 Å². The van der Waals surface area contributed by atoms with E-state index in [2.05, 4.69) is 9.97 Å². The molecule has 0 saturated carbocycles. The Labute approximate surface area is 117 Å². The summed E-state index contributed by atoms with van der Waals surface area (Å²) in [5, 5.41) is 0.946. The predicted molar refractivity (Wildman–Crippen MR) is 80.6 cm³/mol. The van der Waals surface area contributed by atoms with E-state index in [-0.39, 0.29) is 0 Å². The van der Waals surface area contributed by atoms with Gasteiger partial charge in [0.15, 0.2) is 5.65 Å². The van der Waals surface area contributed by atoms with Crippen LogP contribution in [-0.4, -0.2) is 16.6 Å². The van der Waals surface area contributed by atoms with E-state index in [1.807, 2.05) is 55.5 Å². The summed E-state index contributed by atoms with van der Waals surface area (Å²) >= 11 is 0. The summed E-state index contributed by atoms with van der Waals surface area (Å²) in [6, 6.07) is 15.8. The van der Waals surface area contributed by atoms with E-state index >= 15 is 0 Å². The highest BCUT2D eigenvalue weighted by molar-refractivity contribution is 5.87. The Morgan fingerprint density at radius 3 is 2.60 bits per heavy atom. The molecule has 3 rings (SSSR count). The zero-order valence-corrected chi connectivity index (χ0v) is 11.2. The molecule has 0 spiro atoms. The average Bonchev–Trinajstić information content (AvgIpc) is 2.48. The number of ether oxygens (including phenoxy) is 1. The van der Waals surface area contributed by atoms with Crippen molar-refractivity contribution in [2.24, 2.45) is 0 Å². The van der Waals surface area contributed by atoms with Gasteiger partial charge in [0.2, 0.25) is 5.88 Å². The number of hydrogen-bond donors (Lipinski definition) is 1. The number of nitrogens with zero attached hydrogens (tertiary/aromatic N) is 2. The van der Waals surface area contributed by atoms with Crippen LogP contribution in [0.4, 0.5) is 5.82 Å². The molecule has 100 valence electrons. The molecule has 20 heavy (non-hydrogen) atoms. The van der Waals surface area contributed by atoms with Gasteiger partial charge in [-0.15, -0.1) is 0 Å². The maximum Gasteiger partial charge on any atom is 0.215 e. The molecule has 3 aromatic rings. The summed E-state index contributed by atoms with van der Waals surface area (Å²) in [6.07, 6.45) is 0. The van der Waals surface area contributed by atoms with Crippen molar-refractivity contribution in [3.63, 3.8) is 0 Å². The number of rotatable bonds is 3. The average molecular weight is 265 g/mol. The summed E-state index contributed by atoms with van der Waals surface area (Å²) in [5.41, 5.74) is 8.63. The van der Waals surface area contributed by atoms with Gasteiger partial charge in [0, 0.05) is 17.0 Å². The van der Waals surface area contributed by atoms with Crippen LogP contribution in [0, 0.1) is 0 Å². The van der Waals surface area contributed by atoms with Crippen molar-refractivity contribution >= 4 is 16.9 Å². The van der Waals surface area contributed by atoms with E-state index in [0.29, 0.717) is 24.0 Å². The smallest absolute Gasteiger partial charge is 0.215 e. The lowest BCUT2D eigenvalue weighted by Gasteiger charge is -2.08. The summed E-state index contributed by atoms with van der Waals surface area (Å²) in [5.74, 6) is 1.05. The number of anilines is 1. The molecule has 0 bridgehead atoms. The van der Waals surface area contributed by atoms with Gasteiger partial charge in [0.25, 0.3) is 0 Å². The van der Waals surface area contributed by atoms with E-state index < -0.39 is 0 Å². The third-order valence-electron chi connectivity index (χ3n) is 3.06. The Hall–Kier alpha value is -2.62. The molecule has 2 aromatic heterocycles. The Balaban J connectivity index is 2.13. The normalized spacial score (nSPS) is 10.7. The predicted octanol–water partition coefficient (Wildman–Crippen LogP) is 3.28. The van der Waals surface area contributed by atoms with Gasteiger partial charge in [-0.25, -0.2) is 4.98 Å². The molecule has 2 N–H and O–H groups in total. The second-order valence-electron chi connectivity index (χ2n) is 4.42. The minimum Gasteiger partial charge on any atom is -0.478 e. The number of benzene rings is 1. The van der Waals surface area contributed by atoms with Gasteiger partial charge >= 0.3 is 0 Å². The van der Waals surface area contributed by atoms with E-state index in [9.17, 15) is 0 Å². The molecule has 0 amide bonds. The molecule has 0 aliphatic carbocycles. The quantitative estimate of drug-likeness (QED) is 0.789. The van der Waals surface area contributed by atoms with E-state index in [1.54, 1.807) is 0 Å². The van der Waals surface area contributed by atoms with Crippen LogP contribution in [0.15, 0.2) is 48.5 Å². The standard InChI is InChI=1S/C16H15N3O/c1-2-20-14-9-8-12-10-13(11-6-4-3-5-7-11)15(17)19-16(12)18-14/h3-10H,2H2,1H3,(H2,17,18,19). The molecule has 0 aliphatic rings. The Morgan fingerprint density at radius 2 is 1.85 bits per heavy atom. The minimum absolute atomic E-state index is 0.477. The molecule has 0 radical (unpaired) electrons. The van der Waals surface area contributed by atoms with Crippen LogP contribution in [0.5, 0.6) is 5.88 Å². The first kappa shape index (κ1) is 12.4. The lowest BCUT2D eigenvalue weighted by molar-refractivity contribution is 0.328. The van der Waals surface area contributed by atoms with E-state index in [1.165, 1.54) is 0 Å². The van der Waals surface area contributed by atoms with Gasteiger partial charge in [-0.05, 0) is 24.6 Å². The number of nitrogen functional groups attached to an aromatic ring is 1. The number of aromatic nitrogens is 2. The lowest BCUT2D eigenvalue weighted by Crippen LogP contribution is -1.99. The fourth-order valence-electron chi connectivity index (χ4n) is 2.12. The summed E-state index contributed by atoms with van der Waals surface area (Å²) in [7, 11) is 0. The Kier molecular flexibility index (Phi) is 3.21. The summed E-state index contributed by atoms with van der Waals surface area (Å²) in [4.78, 5) is 8.73. The number of hydrogen-bond acceptors (Lipinski definition) is 4. The molecule has 1 aromatic carbocycles. The molecule has 0 fully saturated rings. The van der Waals surface area contributed by atoms with Gasteiger partial charge in [-0.3, -0.25) is 0 Å². The highest BCUT2D eigenvalue weighted by atomic mass is 16.5. The molecule has 0 atom stereocenters. The minimum atomic E-state index is 0.477. The molecular formula is C16H15N3O. The van der Waals surface area contributed by atoms with Crippen LogP contribution in [0.3, 0.4) is 0 Å². The summed E-state index contributed by atoms with van der Waals surface area (Å²) in [6.45, 7) is 2.50. The Bertz CT molecular complexity index is 741. The van der Waals surface area contributed by atoms with Gasteiger partial charge < -0.3 is 10.5 Å². The number of fused-ring (bicyclic) bond motifs is 1. The van der Waals surface area contributed by atoms with E-state index in [4.69, 9.17) is 10.5 Å². The molecular weight excluding hydrogens is 250 g/mol. The van der Waals surface area contributed by atoms with Gasteiger partial charge in [0.1, 0.15) is 5.82 Å². The zero-order valence-electron chi connectivity index (χ0n) is 11.2. The number of pyridine rings is 2. The molecule has 0 saturated heterocycles. The van der Waals surface area contributed by atoms with Crippen molar-refractivity contribution < 1.29 is 4.74 Å². The number of nitrogens with two attached hydrogens (primary N) is 1. The van der Waals surface area contributed by atoms with Crippen LogP contribution in [0.2, 0.25) is 0 Å².